The average Bonchev–Trinajstić information content (AvgIpc) is 2.76. The number of hydrogen-bond donors (Lipinski definition) is 1. The van der Waals surface area contributed by atoms with Gasteiger partial charge in [0.25, 0.3) is 5.56 Å². The number of H-pyrrole nitrogens is 1. The van der Waals surface area contributed by atoms with Crippen molar-refractivity contribution >= 4 is 17.1 Å². The first-order valence-electron chi connectivity index (χ1n) is 4.81. The fraction of sp³-hybridized carbons (Fsp3) is 0.200. The van der Waals surface area contributed by atoms with Gasteiger partial charge in [0.05, 0.1) is 12.1 Å². The molecule has 7 heteroatoms. The number of nitrogens with one attached hydrogen (secondary N) is 1. The van der Waals surface area contributed by atoms with Gasteiger partial charge in [0, 0.05) is 17.8 Å². The summed E-state index contributed by atoms with van der Waals surface area (Å²) >= 11 is 1.34. The number of carbonyl (C=O) groups is 1. The van der Waals surface area contributed by atoms with Gasteiger partial charge in [-0.25, -0.2) is 9.78 Å². The van der Waals surface area contributed by atoms with Crippen molar-refractivity contribution in [1.29, 1.82) is 0 Å². The molecule has 2 heterocycles. The Hall–Kier alpha value is -2.02. The van der Waals surface area contributed by atoms with Gasteiger partial charge in [0.15, 0.2) is 5.78 Å². The minimum Gasteiger partial charge on any atom is -0.313 e. The van der Waals surface area contributed by atoms with Gasteiger partial charge in [0.1, 0.15) is 5.01 Å². The number of rotatable bonds is 3. The van der Waals surface area contributed by atoms with E-state index in [2.05, 4.69) is 9.97 Å². The van der Waals surface area contributed by atoms with Gasteiger partial charge < -0.3 is 4.98 Å². The van der Waals surface area contributed by atoms with Crippen LogP contribution in [0.5, 0.6) is 0 Å². The van der Waals surface area contributed by atoms with Crippen LogP contribution in [0.1, 0.15) is 22.3 Å². The van der Waals surface area contributed by atoms with Crippen LogP contribution < -0.4 is 11.2 Å². The molecular formula is C10H9N3O3S. The molecule has 0 saturated carbocycles. The minimum absolute atomic E-state index is 0.0267. The lowest BCUT2D eigenvalue weighted by Gasteiger charge is -2.03. The highest BCUT2D eigenvalue weighted by atomic mass is 32.1. The van der Waals surface area contributed by atoms with E-state index in [1.165, 1.54) is 18.3 Å². The van der Waals surface area contributed by atoms with Gasteiger partial charge in [-0.15, -0.1) is 11.3 Å². The second-order valence-corrected chi connectivity index (χ2v) is 4.36. The zero-order valence-corrected chi connectivity index (χ0v) is 9.78. The molecule has 0 saturated heterocycles. The van der Waals surface area contributed by atoms with Crippen LogP contribution in [0.25, 0.3) is 0 Å². The number of aromatic amines is 1. The molecule has 2 aromatic heterocycles. The number of thiazole rings is 1. The van der Waals surface area contributed by atoms with Crippen LogP contribution in [0.4, 0.5) is 0 Å². The predicted molar refractivity (Wildman–Crippen MR) is 62.5 cm³/mol. The van der Waals surface area contributed by atoms with E-state index in [1.807, 2.05) is 0 Å². The van der Waals surface area contributed by atoms with E-state index in [9.17, 15) is 14.4 Å². The SMILES string of the molecule is CC(=O)c1c[nH]c(=O)n(Cc2nccs2)c1=O. The van der Waals surface area contributed by atoms with Gasteiger partial charge in [-0.1, -0.05) is 0 Å². The van der Waals surface area contributed by atoms with E-state index < -0.39 is 11.2 Å². The first kappa shape index (κ1) is 11.5. The molecule has 0 atom stereocenters. The van der Waals surface area contributed by atoms with E-state index in [0.29, 0.717) is 5.01 Å². The van der Waals surface area contributed by atoms with Crippen molar-refractivity contribution in [2.24, 2.45) is 0 Å². The molecular weight excluding hydrogens is 242 g/mol. The van der Waals surface area contributed by atoms with Crippen molar-refractivity contribution < 1.29 is 4.79 Å². The molecule has 0 aliphatic heterocycles. The Balaban J connectivity index is 2.53. The van der Waals surface area contributed by atoms with E-state index in [0.717, 1.165) is 10.8 Å². The van der Waals surface area contributed by atoms with Crippen molar-refractivity contribution in [2.45, 2.75) is 13.5 Å². The van der Waals surface area contributed by atoms with Crippen molar-refractivity contribution in [2.75, 3.05) is 0 Å². The molecule has 2 rings (SSSR count). The van der Waals surface area contributed by atoms with Crippen LogP contribution in [0.3, 0.4) is 0 Å². The molecule has 2 aromatic rings. The number of ketones is 1. The third kappa shape index (κ3) is 2.23. The van der Waals surface area contributed by atoms with Crippen LogP contribution in [-0.2, 0) is 6.54 Å². The molecule has 0 aromatic carbocycles. The molecule has 17 heavy (non-hydrogen) atoms. The van der Waals surface area contributed by atoms with Crippen molar-refractivity contribution in [1.82, 2.24) is 14.5 Å². The smallest absolute Gasteiger partial charge is 0.313 e. The standard InChI is InChI=1S/C10H9N3O3S/c1-6(14)7-4-12-10(16)13(9(7)15)5-8-11-2-3-17-8/h2-4H,5H2,1H3,(H,12,16). The lowest BCUT2D eigenvalue weighted by molar-refractivity contribution is 0.101. The maximum absolute atomic E-state index is 11.9. The normalized spacial score (nSPS) is 10.4. The highest BCUT2D eigenvalue weighted by molar-refractivity contribution is 7.09. The zero-order valence-electron chi connectivity index (χ0n) is 8.97. The van der Waals surface area contributed by atoms with Crippen molar-refractivity contribution in [3.05, 3.63) is 49.2 Å². The molecule has 0 unspecified atom stereocenters. The summed E-state index contributed by atoms with van der Waals surface area (Å²) in [5, 5.41) is 2.39. The molecule has 88 valence electrons. The lowest BCUT2D eigenvalue weighted by Crippen LogP contribution is -2.37. The number of nitrogens with zero attached hydrogens (tertiary/aromatic N) is 2. The van der Waals surface area contributed by atoms with Crippen molar-refractivity contribution in [3.63, 3.8) is 0 Å². The van der Waals surface area contributed by atoms with E-state index in [4.69, 9.17) is 0 Å². The second kappa shape index (κ2) is 4.46. The summed E-state index contributed by atoms with van der Waals surface area (Å²) in [5.74, 6) is -0.376. The lowest BCUT2D eigenvalue weighted by atomic mass is 10.2. The summed E-state index contributed by atoms with van der Waals surface area (Å²) in [4.78, 5) is 40.9. The minimum atomic E-state index is -0.587. The third-order valence-electron chi connectivity index (χ3n) is 2.22. The Morgan fingerprint density at radius 3 is 2.88 bits per heavy atom. The van der Waals surface area contributed by atoms with Gasteiger partial charge in [-0.3, -0.25) is 14.2 Å². The van der Waals surface area contributed by atoms with E-state index in [1.54, 1.807) is 11.6 Å². The monoisotopic (exact) mass is 251 g/mol. The Morgan fingerprint density at radius 2 is 2.29 bits per heavy atom. The molecule has 0 aliphatic rings. The Kier molecular flexibility index (Phi) is 3.01. The zero-order chi connectivity index (χ0) is 12.4. The van der Waals surface area contributed by atoms with Gasteiger partial charge in [-0.2, -0.15) is 0 Å². The van der Waals surface area contributed by atoms with E-state index in [-0.39, 0.29) is 17.9 Å². The first-order valence-corrected chi connectivity index (χ1v) is 5.69. The van der Waals surface area contributed by atoms with Crippen molar-refractivity contribution in [3.8, 4) is 0 Å². The Morgan fingerprint density at radius 1 is 1.53 bits per heavy atom. The van der Waals surface area contributed by atoms with Crippen LogP contribution >= 0.6 is 11.3 Å². The van der Waals surface area contributed by atoms with Gasteiger partial charge >= 0.3 is 5.69 Å². The van der Waals surface area contributed by atoms with Crippen LogP contribution in [-0.4, -0.2) is 20.3 Å². The fourth-order valence-electron chi connectivity index (χ4n) is 1.37. The summed E-state index contributed by atoms with van der Waals surface area (Å²) in [6.07, 6.45) is 2.74. The number of carbonyl (C=O) groups excluding carboxylic acids is 1. The predicted octanol–water partition coefficient (Wildman–Crippen LogP) is 0.244. The van der Waals surface area contributed by atoms with E-state index >= 15 is 0 Å². The average molecular weight is 251 g/mol. The summed E-state index contributed by atoms with van der Waals surface area (Å²) in [5.41, 5.74) is -1.16. The van der Waals surface area contributed by atoms with Crippen LogP contribution in [0.15, 0.2) is 27.4 Å². The number of aromatic nitrogens is 3. The second-order valence-electron chi connectivity index (χ2n) is 3.38. The third-order valence-corrected chi connectivity index (χ3v) is 2.98. The molecule has 0 radical (unpaired) electrons. The molecule has 0 aliphatic carbocycles. The first-order chi connectivity index (χ1) is 8.09. The summed E-state index contributed by atoms with van der Waals surface area (Å²) in [6, 6.07) is 0. The topological polar surface area (TPSA) is 84.8 Å². The summed E-state index contributed by atoms with van der Waals surface area (Å²) in [6.45, 7) is 1.36. The van der Waals surface area contributed by atoms with Crippen LogP contribution in [0.2, 0.25) is 0 Å². The molecule has 0 bridgehead atoms. The summed E-state index contributed by atoms with van der Waals surface area (Å²) in [7, 11) is 0. The fourth-order valence-corrected chi connectivity index (χ4v) is 1.98. The number of Topliss-reactive ketones (excluding diaryl/α,β-unsaturated/α-hetero) is 1. The van der Waals surface area contributed by atoms with Gasteiger partial charge in [0.2, 0.25) is 0 Å². The molecule has 0 fully saturated rings. The summed E-state index contributed by atoms with van der Waals surface area (Å²) < 4.78 is 0.968. The highest BCUT2D eigenvalue weighted by Crippen LogP contribution is 2.03. The Bertz CT molecular complexity index is 654. The quantitative estimate of drug-likeness (QED) is 0.792. The largest absolute Gasteiger partial charge is 0.328 e. The van der Waals surface area contributed by atoms with Crippen LogP contribution in [0, 0.1) is 0 Å². The van der Waals surface area contributed by atoms with Gasteiger partial charge in [-0.05, 0) is 6.92 Å². The maximum atomic E-state index is 11.9. The molecule has 6 nitrogen and oxygen atoms in total. The Labute approximate surface area is 99.6 Å². The molecule has 0 spiro atoms. The molecule has 0 amide bonds. The highest BCUT2D eigenvalue weighted by Gasteiger charge is 2.11. The molecule has 1 N–H and O–H groups in total. The maximum Gasteiger partial charge on any atom is 0.328 e. The number of hydrogen-bond acceptors (Lipinski definition) is 5.